The molecule has 0 aliphatic rings. The van der Waals surface area contributed by atoms with Crippen LogP contribution in [0.5, 0.6) is 0 Å². The summed E-state index contributed by atoms with van der Waals surface area (Å²) in [6, 6.07) is 5.11. The third-order valence-electron chi connectivity index (χ3n) is 2.75. The number of fused-ring (bicyclic) bond motifs is 1. The molecule has 1 aromatic carbocycles. The summed E-state index contributed by atoms with van der Waals surface area (Å²) in [4.78, 5) is 27.5. The van der Waals surface area contributed by atoms with Crippen LogP contribution in [-0.4, -0.2) is 43.7 Å². The number of rotatable bonds is 7. The van der Waals surface area contributed by atoms with Crippen LogP contribution in [0.25, 0.3) is 10.2 Å². The van der Waals surface area contributed by atoms with Crippen LogP contribution in [0.1, 0.15) is 16.8 Å². The molecule has 1 aromatic heterocycles. The van der Waals surface area contributed by atoms with E-state index in [0.29, 0.717) is 18.7 Å². The highest BCUT2D eigenvalue weighted by Crippen LogP contribution is 2.19. The molecular weight excluding hydrogens is 292 g/mol. The average Bonchev–Trinajstić information content (AvgIpc) is 2.96. The van der Waals surface area contributed by atoms with Crippen LogP contribution < -0.4 is 5.32 Å². The molecule has 1 heterocycles. The first-order chi connectivity index (χ1) is 10.2. The van der Waals surface area contributed by atoms with Gasteiger partial charge in [0.25, 0.3) is 5.91 Å². The number of hydrogen-bond donors (Lipinski definition) is 1. The summed E-state index contributed by atoms with van der Waals surface area (Å²) in [5.41, 5.74) is 2.97. The van der Waals surface area contributed by atoms with E-state index in [9.17, 15) is 9.59 Å². The van der Waals surface area contributed by atoms with Crippen molar-refractivity contribution in [2.75, 3.05) is 26.9 Å². The molecule has 0 bridgehead atoms. The lowest BCUT2D eigenvalue weighted by molar-refractivity contribution is -0.124. The van der Waals surface area contributed by atoms with E-state index in [1.807, 2.05) is 0 Å². The van der Waals surface area contributed by atoms with Crippen molar-refractivity contribution in [3.63, 3.8) is 0 Å². The second kappa shape index (κ2) is 7.70. The quantitative estimate of drug-likeness (QED) is 0.621. The molecule has 0 aliphatic heterocycles. The Morgan fingerprint density at radius 1 is 1.38 bits per heavy atom. The SMILES string of the molecule is COCCCNC(=O)COC(=O)c1ccc2ncsc2c1. The van der Waals surface area contributed by atoms with Crippen LogP contribution in [0, 0.1) is 0 Å². The van der Waals surface area contributed by atoms with Gasteiger partial charge in [-0.2, -0.15) is 0 Å². The van der Waals surface area contributed by atoms with Gasteiger partial charge in [0.1, 0.15) is 0 Å². The minimum absolute atomic E-state index is 0.285. The molecule has 7 heteroatoms. The Balaban J connectivity index is 1.79. The Morgan fingerprint density at radius 2 is 2.24 bits per heavy atom. The van der Waals surface area contributed by atoms with E-state index in [-0.39, 0.29) is 12.5 Å². The lowest BCUT2D eigenvalue weighted by Crippen LogP contribution is -2.30. The highest BCUT2D eigenvalue weighted by atomic mass is 32.1. The molecule has 6 nitrogen and oxygen atoms in total. The number of carbonyl (C=O) groups excluding carboxylic acids is 2. The van der Waals surface area contributed by atoms with E-state index < -0.39 is 5.97 Å². The Hall–Kier alpha value is -1.99. The second-order valence-electron chi connectivity index (χ2n) is 4.31. The fourth-order valence-corrected chi connectivity index (χ4v) is 2.41. The third kappa shape index (κ3) is 4.51. The maximum Gasteiger partial charge on any atom is 0.338 e. The molecule has 2 rings (SSSR count). The van der Waals surface area contributed by atoms with Crippen LogP contribution in [0.4, 0.5) is 0 Å². The Labute approximate surface area is 126 Å². The lowest BCUT2D eigenvalue weighted by atomic mass is 10.2. The van der Waals surface area contributed by atoms with Gasteiger partial charge in [-0.05, 0) is 24.6 Å². The van der Waals surface area contributed by atoms with Gasteiger partial charge in [-0.3, -0.25) is 4.79 Å². The smallest absolute Gasteiger partial charge is 0.338 e. The molecule has 0 unspecified atom stereocenters. The van der Waals surface area contributed by atoms with Crippen molar-refractivity contribution < 1.29 is 19.1 Å². The maximum absolute atomic E-state index is 11.9. The van der Waals surface area contributed by atoms with E-state index in [1.54, 1.807) is 30.8 Å². The summed E-state index contributed by atoms with van der Waals surface area (Å²) < 4.78 is 10.8. The summed E-state index contributed by atoms with van der Waals surface area (Å²) in [5, 5.41) is 2.65. The van der Waals surface area contributed by atoms with Gasteiger partial charge in [0.05, 0.1) is 21.3 Å². The number of amides is 1. The largest absolute Gasteiger partial charge is 0.452 e. The molecule has 21 heavy (non-hydrogen) atoms. The number of esters is 1. The number of nitrogens with one attached hydrogen (secondary N) is 1. The number of benzene rings is 1. The summed E-state index contributed by atoms with van der Waals surface area (Å²) in [6.07, 6.45) is 0.720. The predicted octanol–water partition coefficient (Wildman–Crippen LogP) is 1.61. The van der Waals surface area contributed by atoms with Crippen molar-refractivity contribution in [3.05, 3.63) is 29.3 Å². The Bertz CT molecular complexity index is 626. The van der Waals surface area contributed by atoms with Gasteiger partial charge in [-0.1, -0.05) is 0 Å². The standard InChI is InChI=1S/C14H16N2O4S/c1-19-6-2-5-15-13(17)8-20-14(18)10-3-4-11-12(7-10)21-9-16-11/h3-4,7,9H,2,5-6,8H2,1H3,(H,15,17). The minimum Gasteiger partial charge on any atom is -0.452 e. The molecule has 112 valence electrons. The number of ether oxygens (including phenoxy) is 2. The molecule has 0 aliphatic carbocycles. The summed E-state index contributed by atoms with van der Waals surface area (Å²) >= 11 is 1.45. The van der Waals surface area contributed by atoms with Crippen molar-refractivity contribution >= 4 is 33.4 Å². The van der Waals surface area contributed by atoms with Crippen molar-refractivity contribution in [2.24, 2.45) is 0 Å². The van der Waals surface area contributed by atoms with Crippen molar-refractivity contribution in [3.8, 4) is 0 Å². The number of aromatic nitrogens is 1. The van der Waals surface area contributed by atoms with Gasteiger partial charge in [0, 0.05) is 20.3 Å². The fraction of sp³-hybridized carbons (Fsp3) is 0.357. The van der Waals surface area contributed by atoms with Crippen molar-refractivity contribution in [1.29, 1.82) is 0 Å². The normalized spacial score (nSPS) is 10.5. The molecule has 0 saturated carbocycles. The molecule has 0 fully saturated rings. The number of hydrogen-bond acceptors (Lipinski definition) is 6. The van der Waals surface area contributed by atoms with Crippen LogP contribution in [0.3, 0.4) is 0 Å². The van der Waals surface area contributed by atoms with Gasteiger partial charge in [0.15, 0.2) is 6.61 Å². The van der Waals surface area contributed by atoms with Gasteiger partial charge < -0.3 is 14.8 Å². The molecule has 1 N–H and O–H groups in total. The summed E-state index contributed by atoms with van der Waals surface area (Å²) in [5.74, 6) is -0.837. The first kappa shape index (κ1) is 15.4. The lowest BCUT2D eigenvalue weighted by Gasteiger charge is -2.06. The number of carbonyl (C=O) groups is 2. The van der Waals surface area contributed by atoms with Crippen LogP contribution in [0.2, 0.25) is 0 Å². The van der Waals surface area contributed by atoms with Crippen molar-refractivity contribution in [1.82, 2.24) is 10.3 Å². The molecule has 2 aromatic rings. The average molecular weight is 308 g/mol. The monoisotopic (exact) mass is 308 g/mol. The van der Waals surface area contributed by atoms with E-state index in [0.717, 1.165) is 16.6 Å². The third-order valence-corrected chi connectivity index (χ3v) is 3.54. The van der Waals surface area contributed by atoms with Crippen LogP contribution >= 0.6 is 11.3 Å². The van der Waals surface area contributed by atoms with E-state index in [1.165, 1.54) is 11.3 Å². The fourth-order valence-electron chi connectivity index (χ4n) is 1.69. The number of thiazole rings is 1. The van der Waals surface area contributed by atoms with E-state index in [4.69, 9.17) is 9.47 Å². The van der Waals surface area contributed by atoms with Crippen molar-refractivity contribution in [2.45, 2.75) is 6.42 Å². The van der Waals surface area contributed by atoms with E-state index in [2.05, 4.69) is 10.3 Å². The zero-order chi connectivity index (χ0) is 15.1. The summed E-state index contributed by atoms with van der Waals surface area (Å²) in [7, 11) is 1.60. The van der Waals surface area contributed by atoms with Gasteiger partial charge in [-0.15, -0.1) is 11.3 Å². The van der Waals surface area contributed by atoms with Gasteiger partial charge in [0.2, 0.25) is 0 Å². The van der Waals surface area contributed by atoms with Gasteiger partial charge in [-0.25, -0.2) is 9.78 Å². The van der Waals surface area contributed by atoms with E-state index >= 15 is 0 Å². The molecule has 1 amide bonds. The first-order valence-corrected chi connectivity index (χ1v) is 7.34. The topological polar surface area (TPSA) is 77.5 Å². The molecular formula is C14H16N2O4S. The zero-order valence-electron chi connectivity index (χ0n) is 11.6. The Kier molecular flexibility index (Phi) is 5.65. The molecule has 0 atom stereocenters. The summed E-state index contributed by atoms with van der Waals surface area (Å²) in [6.45, 7) is 0.790. The number of methoxy groups -OCH3 is 1. The first-order valence-electron chi connectivity index (χ1n) is 6.46. The van der Waals surface area contributed by atoms with Crippen LogP contribution in [-0.2, 0) is 14.3 Å². The zero-order valence-corrected chi connectivity index (χ0v) is 12.4. The molecule has 0 spiro atoms. The molecule has 0 saturated heterocycles. The molecule has 0 radical (unpaired) electrons. The minimum atomic E-state index is -0.516. The van der Waals surface area contributed by atoms with Gasteiger partial charge >= 0.3 is 5.97 Å². The number of nitrogens with zero attached hydrogens (tertiary/aromatic N) is 1. The Morgan fingerprint density at radius 3 is 3.05 bits per heavy atom. The highest BCUT2D eigenvalue weighted by molar-refractivity contribution is 7.16. The highest BCUT2D eigenvalue weighted by Gasteiger charge is 2.11. The second-order valence-corrected chi connectivity index (χ2v) is 5.19. The maximum atomic E-state index is 11.9. The van der Waals surface area contributed by atoms with Crippen LogP contribution in [0.15, 0.2) is 23.7 Å². The predicted molar refractivity (Wildman–Crippen MR) is 79.4 cm³/mol.